The van der Waals surface area contributed by atoms with E-state index in [-0.39, 0.29) is 11.5 Å². The molecular weight excluding hydrogens is 863 g/mol. The maximum absolute atomic E-state index is 6.37. The van der Waals surface area contributed by atoms with Gasteiger partial charge in [0.05, 0.1) is 55.5 Å². The molecular formula is C50H59N13OS2. The minimum atomic E-state index is -0.151. The molecule has 2 unspecified atom stereocenters. The maximum Gasteiger partial charge on any atom is 0.181 e. The Kier molecular flexibility index (Phi) is 10.2. The lowest BCUT2D eigenvalue weighted by atomic mass is 9.78. The van der Waals surface area contributed by atoms with Crippen LogP contribution in [0.15, 0.2) is 43.1 Å². The zero-order valence-corrected chi connectivity index (χ0v) is 40.8. The largest absolute Gasteiger partial charge is 0.369 e. The number of aromatic amines is 2. The van der Waals surface area contributed by atoms with Gasteiger partial charge in [-0.3, -0.25) is 0 Å². The fraction of sp³-hybridized carbons (Fsp3) is 0.480. The van der Waals surface area contributed by atoms with Crippen molar-refractivity contribution in [1.82, 2.24) is 64.4 Å². The van der Waals surface area contributed by atoms with E-state index < -0.39 is 0 Å². The number of aromatic nitrogens is 11. The van der Waals surface area contributed by atoms with E-state index in [9.17, 15) is 0 Å². The van der Waals surface area contributed by atoms with Crippen LogP contribution in [0.1, 0.15) is 129 Å². The van der Waals surface area contributed by atoms with Gasteiger partial charge in [0, 0.05) is 40.4 Å². The van der Waals surface area contributed by atoms with Gasteiger partial charge in [-0.2, -0.15) is 5.10 Å². The average molecular weight is 922 g/mol. The Morgan fingerprint density at radius 2 is 1.58 bits per heavy atom. The summed E-state index contributed by atoms with van der Waals surface area (Å²) in [6, 6.07) is 7.33. The molecule has 3 aliphatic heterocycles. The van der Waals surface area contributed by atoms with Crippen LogP contribution in [0.2, 0.25) is 0 Å². The van der Waals surface area contributed by atoms with E-state index >= 15 is 0 Å². The van der Waals surface area contributed by atoms with Crippen LogP contribution in [-0.2, 0) is 4.74 Å². The quantitative estimate of drug-likeness (QED) is 0.122. The Labute approximate surface area is 392 Å². The molecule has 3 aliphatic rings. The van der Waals surface area contributed by atoms with Crippen LogP contribution in [0.4, 0.5) is 0 Å². The number of likely N-dealkylation sites (tertiary alicyclic amines) is 1. The van der Waals surface area contributed by atoms with Gasteiger partial charge in [0.2, 0.25) is 0 Å². The first-order chi connectivity index (χ1) is 31.9. The highest BCUT2D eigenvalue weighted by atomic mass is 32.1. The van der Waals surface area contributed by atoms with E-state index in [1.807, 2.05) is 31.7 Å². The third kappa shape index (κ3) is 6.88. The molecule has 9 aromatic rings. The van der Waals surface area contributed by atoms with Crippen LogP contribution in [-0.4, -0.2) is 98.4 Å². The number of nitrogens with zero attached hydrogens (tertiary/aromatic N) is 10. The van der Waals surface area contributed by atoms with E-state index in [4.69, 9.17) is 14.8 Å². The minimum Gasteiger partial charge on any atom is -0.369 e. The second-order valence-electron chi connectivity index (χ2n) is 20.3. The first-order valence-electron chi connectivity index (χ1n) is 23.9. The van der Waals surface area contributed by atoms with Crippen LogP contribution in [0.25, 0.3) is 64.8 Å². The molecule has 14 nitrogen and oxygen atoms in total. The van der Waals surface area contributed by atoms with Crippen molar-refractivity contribution in [2.24, 2.45) is 5.41 Å². The Hall–Kier alpha value is -5.26. The standard InChI is InChI=1S/C50H59N13OS2/c1-26(2)40-42(32-17-28(5)48-52-25-53-62(48)20-32)54-35-18-38(65-44(35)40)31-11-15-60(16-12-31)23-50(8)24-64-46(50)47-56-49-30(7)29(6)34(21-63(49)58-47)43-41(27(3)4)45-36(55-43)19-39(66-45)37-22-61(59-57-37)33-9-13-51-14-10-33/h17-22,25-27,31,33,46,51,54-55H,9-16,23-24H2,1-8H3. The summed E-state index contributed by atoms with van der Waals surface area (Å²) >= 11 is 3.80. The molecule has 66 heavy (non-hydrogen) atoms. The van der Waals surface area contributed by atoms with Gasteiger partial charge in [-0.1, -0.05) is 39.8 Å². The van der Waals surface area contributed by atoms with E-state index in [0.717, 1.165) is 120 Å². The number of thiophene rings is 2. The number of fused-ring (bicyclic) bond motifs is 4. The Morgan fingerprint density at radius 3 is 2.33 bits per heavy atom. The summed E-state index contributed by atoms with van der Waals surface area (Å²) in [5, 5.41) is 22.2. The molecule has 16 heteroatoms. The third-order valence-electron chi connectivity index (χ3n) is 15.0. The predicted molar refractivity (Wildman–Crippen MR) is 264 cm³/mol. The number of nitrogens with one attached hydrogen (secondary N) is 3. The van der Waals surface area contributed by atoms with Crippen LogP contribution in [0.3, 0.4) is 0 Å². The molecule has 0 radical (unpaired) electrons. The van der Waals surface area contributed by atoms with E-state index in [2.05, 4.69) is 137 Å². The summed E-state index contributed by atoms with van der Waals surface area (Å²) in [5.74, 6) is 2.04. The third-order valence-corrected chi connectivity index (χ3v) is 17.5. The zero-order chi connectivity index (χ0) is 45.2. The van der Waals surface area contributed by atoms with E-state index in [1.165, 1.54) is 42.2 Å². The molecule has 0 saturated carbocycles. The van der Waals surface area contributed by atoms with Crippen molar-refractivity contribution in [3.05, 3.63) is 81.6 Å². The highest BCUT2D eigenvalue weighted by molar-refractivity contribution is 7.22. The number of H-pyrrole nitrogens is 2. The Balaban J connectivity index is 0.752. The second kappa shape index (κ2) is 15.9. The molecule has 3 fully saturated rings. The number of ether oxygens (including phenoxy) is 1. The van der Waals surface area contributed by atoms with Gasteiger partial charge in [0.15, 0.2) is 17.1 Å². The topological polar surface area (TPSA) is 147 Å². The maximum atomic E-state index is 6.37. The molecule has 0 aliphatic carbocycles. The number of piperidine rings is 2. The SMILES string of the molecule is Cc1c(-c2[nH]c3cc(-c4cn(C5CCNCC5)nn4)sc3c2C(C)C)cn2nc(C3OCC3(C)CN3CCC(c4cc5[nH]c(-c6cc(C)c7ncnn7c6)c(C(C)C)c5s4)CC3)nc2c1C. The number of pyridine rings is 2. The molecule has 12 heterocycles. The monoisotopic (exact) mass is 921 g/mol. The van der Waals surface area contributed by atoms with Crippen molar-refractivity contribution < 1.29 is 4.74 Å². The Morgan fingerprint density at radius 1 is 0.833 bits per heavy atom. The predicted octanol–water partition coefficient (Wildman–Crippen LogP) is 10.5. The van der Waals surface area contributed by atoms with Gasteiger partial charge in [-0.25, -0.2) is 23.7 Å². The lowest BCUT2D eigenvalue weighted by molar-refractivity contribution is -0.195. The highest BCUT2D eigenvalue weighted by Gasteiger charge is 2.49. The molecule has 0 spiro atoms. The van der Waals surface area contributed by atoms with E-state index in [0.29, 0.717) is 30.4 Å². The summed E-state index contributed by atoms with van der Waals surface area (Å²) < 4.78 is 15.0. The molecule has 9 aromatic heterocycles. The lowest BCUT2D eigenvalue weighted by Crippen LogP contribution is -2.52. The van der Waals surface area contributed by atoms with E-state index in [1.54, 1.807) is 6.33 Å². The fourth-order valence-corrected chi connectivity index (χ4v) is 14.0. The Bertz CT molecular complexity index is 3290. The summed E-state index contributed by atoms with van der Waals surface area (Å²) in [6.07, 6.45) is 12.4. The van der Waals surface area contributed by atoms with Crippen LogP contribution < -0.4 is 5.32 Å². The average Bonchev–Trinajstić information content (AvgIpc) is 4.15. The van der Waals surface area contributed by atoms with Crippen molar-refractivity contribution in [3.8, 4) is 33.1 Å². The molecule has 0 aromatic carbocycles. The summed E-state index contributed by atoms with van der Waals surface area (Å²) in [5.41, 5.74) is 15.9. The normalized spacial score (nSPS) is 20.4. The summed E-state index contributed by atoms with van der Waals surface area (Å²) in [6.45, 7) is 23.9. The van der Waals surface area contributed by atoms with Gasteiger partial charge >= 0.3 is 0 Å². The molecule has 3 saturated heterocycles. The molecule has 12 rings (SSSR count). The highest BCUT2D eigenvalue weighted by Crippen LogP contribution is 2.49. The van der Waals surface area contributed by atoms with Crippen LogP contribution in [0, 0.1) is 26.2 Å². The molecule has 0 amide bonds. The zero-order valence-electron chi connectivity index (χ0n) is 39.2. The molecule has 2 atom stereocenters. The molecule has 0 bridgehead atoms. The van der Waals surface area contributed by atoms with Gasteiger partial charge in [0.1, 0.15) is 18.1 Å². The first-order valence-corrected chi connectivity index (χ1v) is 25.5. The number of hydrogen-bond acceptors (Lipinski definition) is 11. The molecule has 3 N–H and O–H groups in total. The van der Waals surface area contributed by atoms with Crippen LogP contribution >= 0.6 is 22.7 Å². The van der Waals surface area contributed by atoms with Gasteiger partial charge in [-0.15, -0.1) is 32.9 Å². The van der Waals surface area contributed by atoms with Crippen molar-refractivity contribution in [2.45, 2.75) is 111 Å². The second-order valence-corrected chi connectivity index (χ2v) is 22.4. The van der Waals surface area contributed by atoms with Crippen molar-refractivity contribution in [2.75, 3.05) is 39.3 Å². The summed E-state index contributed by atoms with van der Waals surface area (Å²) in [4.78, 5) is 22.6. The number of hydrogen-bond donors (Lipinski definition) is 3. The fourth-order valence-electron chi connectivity index (χ4n) is 11.2. The van der Waals surface area contributed by atoms with Crippen molar-refractivity contribution >= 4 is 54.4 Å². The van der Waals surface area contributed by atoms with Gasteiger partial charge < -0.3 is 24.9 Å². The molecule has 342 valence electrons. The van der Waals surface area contributed by atoms with Crippen LogP contribution in [0.5, 0.6) is 0 Å². The van der Waals surface area contributed by atoms with Crippen molar-refractivity contribution in [3.63, 3.8) is 0 Å². The first kappa shape index (κ1) is 42.1. The number of rotatable bonds is 10. The smallest absolute Gasteiger partial charge is 0.181 e. The minimum absolute atomic E-state index is 0.0656. The lowest BCUT2D eigenvalue weighted by Gasteiger charge is -2.48. The number of aryl methyl sites for hydroxylation is 2. The van der Waals surface area contributed by atoms with Gasteiger partial charge in [-0.05, 0) is 136 Å². The summed E-state index contributed by atoms with van der Waals surface area (Å²) in [7, 11) is 0. The van der Waals surface area contributed by atoms with Gasteiger partial charge in [0.25, 0.3) is 0 Å². The van der Waals surface area contributed by atoms with Crippen molar-refractivity contribution in [1.29, 1.82) is 0 Å².